The van der Waals surface area contributed by atoms with Gasteiger partial charge in [0.15, 0.2) is 1.41 Å². The van der Waals surface area contributed by atoms with Crippen LogP contribution in [0.1, 0.15) is 44.0 Å². The van der Waals surface area contributed by atoms with Crippen LogP contribution < -0.4 is 10.6 Å². The van der Waals surface area contributed by atoms with Gasteiger partial charge in [0.2, 0.25) is 11.8 Å². The predicted molar refractivity (Wildman–Crippen MR) is 110 cm³/mol. The predicted octanol–water partition coefficient (Wildman–Crippen LogP) is 2.51. The van der Waals surface area contributed by atoms with Crippen molar-refractivity contribution in [1.82, 2.24) is 15.5 Å². The Balaban J connectivity index is 1.56. The minimum atomic E-state index is -4.11. The quantitative estimate of drug-likeness (QED) is 0.663. The lowest BCUT2D eigenvalue weighted by Gasteiger charge is -2.29. The Labute approximate surface area is 192 Å². The third-order valence-electron chi connectivity index (χ3n) is 5.05. The zero-order valence-electron chi connectivity index (χ0n) is 20.3. The Morgan fingerprint density at radius 3 is 2.75 bits per heavy atom. The molecule has 4 amide bonds. The van der Waals surface area contributed by atoms with E-state index in [4.69, 9.17) is 17.1 Å². The van der Waals surface area contributed by atoms with Crippen molar-refractivity contribution in [2.75, 3.05) is 0 Å². The van der Waals surface area contributed by atoms with E-state index < -0.39 is 60.5 Å². The summed E-state index contributed by atoms with van der Waals surface area (Å²) in [5.74, 6) is -8.70. The van der Waals surface area contributed by atoms with Crippen LogP contribution in [0, 0.1) is 0 Å². The molecule has 0 spiro atoms. The Morgan fingerprint density at radius 2 is 2.03 bits per heavy atom. The first-order chi connectivity index (χ1) is 16.8. The van der Waals surface area contributed by atoms with Crippen molar-refractivity contribution in [2.24, 2.45) is 0 Å². The van der Waals surface area contributed by atoms with E-state index in [1.807, 2.05) is 5.32 Å². The third kappa shape index (κ3) is 4.08. The molecule has 2 aromatic carbocycles. The standard InChI is InChI=1S/C22H18ClF2N3O4/c23-15-4-2-14(3-5-15)22(24,25)21(32)26-10-12-1-6-16-13(9-12)11-28(20(16)31)17-7-8-18(29)27-19(17)30/h1-6,9,17H,7-8,10-11H2,(H,26,32)(H,27,29,30)/t17-/m1/s1/i8D,10D,17D/hD/t8?,10?,17-. The summed E-state index contributed by atoms with van der Waals surface area (Å²) in [5, 5.41) is 1.90. The minimum Gasteiger partial charge on any atom is -0.346 e. The lowest BCUT2D eigenvalue weighted by molar-refractivity contribution is -0.147. The number of nitrogens with zero attached hydrogens (tertiary/aromatic N) is 1. The molecule has 166 valence electrons. The molecule has 3 atom stereocenters. The lowest BCUT2D eigenvalue weighted by atomic mass is 10.0. The lowest BCUT2D eigenvalue weighted by Crippen LogP contribution is -2.52. The first-order valence-corrected chi connectivity index (χ1v) is 9.76. The molecule has 4 rings (SSSR count). The summed E-state index contributed by atoms with van der Waals surface area (Å²) in [6.45, 7) is -2.18. The summed E-state index contributed by atoms with van der Waals surface area (Å²) < 4.78 is 61.7. The molecule has 0 bridgehead atoms. The van der Waals surface area contributed by atoms with Crippen molar-refractivity contribution in [3.63, 3.8) is 0 Å². The van der Waals surface area contributed by atoms with Gasteiger partial charge in [-0.3, -0.25) is 24.5 Å². The molecule has 2 aliphatic rings. The van der Waals surface area contributed by atoms with Crippen LogP contribution in [0.2, 0.25) is 6.43 Å². The summed E-state index contributed by atoms with van der Waals surface area (Å²) in [4.78, 5) is 50.1. The molecular weight excluding hydrogens is 444 g/mol. The Bertz CT molecular complexity index is 1280. The van der Waals surface area contributed by atoms with Gasteiger partial charge in [-0.05, 0) is 35.7 Å². The normalized spacial score (nSPS) is 25.8. The highest BCUT2D eigenvalue weighted by molar-refractivity contribution is 6.30. The zero-order chi connectivity index (χ0) is 26.6. The monoisotopic (exact) mass is 465 g/mol. The van der Waals surface area contributed by atoms with E-state index in [1.165, 1.54) is 18.2 Å². The van der Waals surface area contributed by atoms with Crippen LogP contribution in [0.15, 0.2) is 42.5 Å². The van der Waals surface area contributed by atoms with Crippen molar-refractivity contribution in [1.29, 1.82) is 0 Å². The van der Waals surface area contributed by atoms with Crippen molar-refractivity contribution in [2.45, 2.75) is 37.8 Å². The van der Waals surface area contributed by atoms with Gasteiger partial charge in [0.05, 0.1) is 2.74 Å². The molecule has 10 heteroatoms. The maximum atomic E-state index is 14.7. The number of piperidine rings is 1. The molecule has 0 aromatic heterocycles. The molecule has 0 radical (unpaired) electrons. The van der Waals surface area contributed by atoms with Crippen LogP contribution in [-0.4, -0.2) is 34.5 Å². The van der Waals surface area contributed by atoms with Crippen LogP contribution in [0.3, 0.4) is 0 Å². The fourth-order valence-electron chi connectivity index (χ4n) is 3.39. The van der Waals surface area contributed by atoms with E-state index in [0.717, 1.165) is 29.2 Å². The van der Waals surface area contributed by atoms with E-state index >= 15 is 0 Å². The van der Waals surface area contributed by atoms with Gasteiger partial charge in [-0.1, -0.05) is 35.9 Å². The van der Waals surface area contributed by atoms with Crippen molar-refractivity contribution in [3.05, 3.63) is 69.7 Å². The summed E-state index contributed by atoms with van der Waals surface area (Å²) in [7, 11) is 0. The summed E-state index contributed by atoms with van der Waals surface area (Å²) >= 11 is 5.69. The van der Waals surface area contributed by atoms with Gasteiger partial charge in [-0.15, -0.1) is 0 Å². The number of halogens is 3. The summed E-state index contributed by atoms with van der Waals surface area (Å²) in [6.07, 6.45) is -1.98. The van der Waals surface area contributed by atoms with Gasteiger partial charge in [0.25, 0.3) is 11.8 Å². The number of alkyl halides is 2. The second-order valence-electron chi connectivity index (χ2n) is 7.13. The number of benzene rings is 2. The first-order valence-electron chi connectivity index (χ1n) is 11.5. The fraction of sp³-hybridized carbons (Fsp3) is 0.273. The molecule has 32 heavy (non-hydrogen) atoms. The Hall–Kier alpha value is -3.33. The molecule has 7 nitrogen and oxygen atoms in total. The average molecular weight is 466 g/mol. The summed E-state index contributed by atoms with van der Waals surface area (Å²) in [6, 6.07) is 5.70. The smallest absolute Gasteiger partial charge is 0.346 e. The highest BCUT2D eigenvalue weighted by Gasteiger charge is 2.41. The third-order valence-corrected chi connectivity index (χ3v) is 5.30. The van der Waals surface area contributed by atoms with Crippen LogP contribution in [0.4, 0.5) is 8.78 Å². The second-order valence-corrected chi connectivity index (χ2v) is 7.56. The van der Waals surface area contributed by atoms with Gasteiger partial charge in [0.1, 0.15) is 6.02 Å². The van der Waals surface area contributed by atoms with Crippen LogP contribution in [0.5, 0.6) is 0 Å². The zero-order valence-corrected chi connectivity index (χ0v) is 17.0. The number of carbonyl (C=O) groups is 4. The number of hydrogen-bond acceptors (Lipinski definition) is 4. The molecule has 1 saturated heterocycles. The fourth-order valence-corrected chi connectivity index (χ4v) is 3.51. The Morgan fingerprint density at radius 1 is 1.31 bits per heavy atom. The number of rotatable bonds is 5. The number of fused-ring (bicyclic) bond motifs is 1. The second kappa shape index (κ2) is 8.31. The van der Waals surface area contributed by atoms with Gasteiger partial charge >= 0.3 is 5.92 Å². The number of amides is 4. The maximum absolute atomic E-state index is 14.7. The molecule has 2 aromatic rings. The van der Waals surface area contributed by atoms with Crippen LogP contribution >= 0.6 is 11.6 Å². The van der Waals surface area contributed by atoms with Crippen LogP contribution in [0.25, 0.3) is 0 Å². The van der Waals surface area contributed by atoms with E-state index in [9.17, 15) is 28.0 Å². The van der Waals surface area contributed by atoms with Crippen molar-refractivity contribution >= 4 is 35.2 Å². The van der Waals surface area contributed by atoms with E-state index in [2.05, 4.69) is 0 Å². The highest BCUT2D eigenvalue weighted by Crippen LogP contribution is 2.30. The first kappa shape index (κ1) is 17.3. The molecule has 2 heterocycles. The summed E-state index contributed by atoms with van der Waals surface area (Å²) in [5.41, 5.74) is -0.454. The number of hydrogen-bond donors (Lipinski definition) is 2. The molecule has 2 unspecified atom stereocenters. The highest BCUT2D eigenvalue weighted by atomic mass is 35.5. The molecule has 0 saturated carbocycles. The molecule has 0 aliphatic carbocycles. The molecule has 1 fully saturated rings. The maximum Gasteiger partial charge on any atom is 0.349 e. The minimum absolute atomic E-state index is 0.0562. The van der Waals surface area contributed by atoms with E-state index in [0.29, 0.717) is 0 Å². The largest absolute Gasteiger partial charge is 0.349 e. The SMILES string of the molecule is [2H]C1C[C@@]([2H])(N2Cc3cc(C([2H])N([2H])C(=O)C(F)(F)c4ccc(Cl)cc4)ccc3C2=O)C(=O)NC1=O. The van der Waals surface area contributed by atoms with Gasteiger partial charge in [-0.25, -0.2) is 0 Å². The van der Waals surface area contributed by atoms with Crippen LogP contribution in [-0.2, 0) is 33.4 Å². The number of imide groups is 1. The topological polar surface area (TPSA) is 95.6 Å². The number of carbonyl (C=O) groups excluding carboxylic acids is 4. The molecular formula is C22H18ClF2N3O4. The van der Waals surface area contributed by atoms with Crippen molar-refractivity contribution < 1.29 is 33.5 Å². The van der Waals surface area contributed by atoms with E-state index in [-0.39, 0.29) is 33.6 Å². The van der Waals surface area contributed by atoms with Gasteiger partial charge in [-0.2, -0.15) is 8.78 Å². The Kier molecular flexibility index (Phi) is 4.48. The number of nitrogens with one attached hydrogen (secondary N) is 2. The van der Waals surface area contributed by atoms with E-state index in [1.54, 1.807) is 0 Å². The average Bonchev–Trinajstić information content (AvgIpc) is 3.18. The van der Waals surface area contributed by atoms with Gasteiger partial charge < -0.3 is 10.2 Å². The van der Waals surface area contributed by atoms with Crippen molar-refractivity contribution in [3.8, 4) is 0 Å². The molecule has 2 N–H and O–H groups in total. The molecule has 2 aliphatic heterocycles. The van der Waals surface area contributed by atoms with Gasteiger partial charge in [0, 0.05) is 37.0 Å².